The molecule has 0 rings (SSSR count). The van der Waals surface area contributed by atoms with E-state index in [4.69, 9.17) is 5.73 Å². The molecule has 2 N–H and O–H groups in total. The minimum atomic E-state index is -3.06. The van der Waals surface area contributed by atoms with E-state index in [2.05, 4.69) is 0 Å². The van der Waals surface area contributed by atoms with Crippen molar-refractivity contribution in [2.45, 2.75) is 33.2 Å². The van der Waals surface area contributed by atoms with Crippen LogP contribution in [0.4, 0.5) is 0 Å². The summed E-state index contributed by atoms with van der Waals surface area (Å²) in [6.45, 7) is 7.20. The molecule has 0 aromatic carbocycles. The number of carbonyl (C=O) groups excluding carboxylic acids is 1. The van der Waals surface area contributed by atoms with Crippen molar-refractivity contribution in [3.8, 4) is 0 Å². The molecule has 0 bridgehead atoms. The molecule has 5 nitrogen and oxygen atoms in total. The largest absolute Gasteiger partial charge is 0.341 e. The zero-order chi connectivity index (χ0) is 13.6. The summed E-state index contributed by atoms with van der Waals surface area (Å²) < 4.78 is 22.0. The molecule has 0 fully saturated rings. The van der Waals surface area contributed by atoms with Crippen LogP contribution in [0.2, 0.25) is 0 Å². The van der Waals surface area contributed by atoms with Crippen LogP contribution in [-0.4, -0.2) is 50.4 Å². The zero-order valence-corrected chi connectivity index (χ0v) is 12.0. The Morgan fingerprint density at radius 1 is 1.35 bits per heavy atom. The lowest BCUT2D eigenvalue weighted by Crippen LogP contribution is -2.45. The second-order valence-corrected chi connectivity index (χ2v) is 7.06. The summed E-state index contributed by atoms with van der Waals surface area (Å²) in [5.74, 6) is 0.171. The Morgan fingerprint density at radius 2 is 1.88 bits per heavy atom. The van der Waals surface area contributed by atoms with E-state index in [0.717, 1.165) is 6.26 Å². The molecule has 1 unspecified atom stereocenters. The van der Waals surface area contributed by atoms with Gasteiger partial charge in [-0.3, -0.25) is 4.79 Å². The highest BCUT2D eigenvalue weighted by Gasteiger charge is 2.21. The Hall–Kier alpha value is -0.620. The molecule has 6 heteroatoms. The first-order valence-electron chi connectivity index (χ1n) is 5.89. The maximum Gasteiger partial charge on any atom is 0.239 e. The van der Waals surface area contributed by atoms with Crippen LogP contribution in [0.15, 0.2) is 0 Å². The molecule has 17 heavy (non-hydrogen) atoms. The van der Waals surface area contributed by atoms with Crippen molar-refractivity contribution in [3.63, 3.8) is 0 Å². The molecule has 0 aliphatic heterocycles. The van der Waals surface area contributed by atoms with Gasteiger partial charge >= 0.3 is 0 Å². The second kappa shape index (κ2) is 6.96. The minimum absolute atomic E-state index is 0.0425. The number of amides is 1. The first-order chi connectivity index (χ1) is 7.67. The van der Waals surface area contributed by atoms with Crippen LogP contribution in [0.5, 0.6) is 0 Å². The SMILES string of the molecule is CCN(CC(C)C)C(=O)C(N)CCS(C)(=O)=O. The molecular weight excluding hydrogens is 240 g/mol. The summed E-state index contributed by atoms with van der Waals surface area (Å²) in [7, 11) is -3.06. The van der Waals surface area contributed by atoms with Gasteiger partial charge in [0.2, 0.25) is 5.91 Å². The van der Waals surface area contributed by atoms with Crippen molar-refractivity contribution < 1.29 is 13.2 Å². The molecule has 0 aliphatic carbocycles. The molecule has 102 valence electrons. The van der Waals surface area contributed by atoms with Crippen LogP contribution in [0, 0.1) is 5.92 Å². The molecule has 0 aromatic heterocycles. The van der Waals surface area contributed by atoms with Crippen molar-refractivity contribution in [1.82, 2.24) is 4.90 Å². The Bertz CT molecular complexity index is 339. The molecule has 1 amide bonds. The summed E-state index contributed by atoms with van der Waals surface area (Å²) in [5, 5.41) is 0. The molecular formula is C11H24N2O3S. The second-order valence-electron chi connectivity index (χ2n) is 4.80. The summed E-state index contributed by atoms with van der Waals surface area (Å²) in [6, 6.07) is -0.719. The third kappa shape index (κ3) is 7.33. The summed E-state index contributed by atoms with van der Waals surface area (Å²) >= 11 is 0. The average Bonchev–Trinajstić information content (AvgIpc) is 2.20. The molecule has 0 spiro atoms. The quantitative estimate of drug-likeness (QED) is 0.715. The number of sulfone groups is 1. The summed E-state index contributed by atoms with van der Waals surface area (Å²) in [5.41, 5.74) is 5.72. The number of nitrogens with two attached hydrogens (primary N) is 1. The summed E-state index contributed by atoms with van der Waals surface area (Å²) in [6.07, 6.45) is 1.34. The van der Waals surface area contributed by atoms with Gasteiger partial charge < -0.3 is 10.6 Å². The van der Waals surface area contributed by atoms with Gasteiger partial charge in [-0.1, -0.05) is 13.8 Å². The maximum atomic E-state index is 11.9. The number of carbonyl (C=O) groups is 1. The predicted molar refractivity (Wildman–Crippen MR) is 69.4 cm³/mol. The normalized spacial score (nSPS) is 13.8. The Morgan fingerprint density at radius 3 is 2.24 bits per heavy atom. The third-order valence-electron chi connectivity index (χ3n) is 2.40. The van der Waals surface area contributed by atoms with E-state index in [1.807, 2.05) is 20.8 Å². The highest BCUT2D eigenvalue weighted by Crippen LogP contribution is 2.03. The smallest absolute Gasteiger partial charge is 0.239 e. The van der Waals surface area contributed by atoms with E-state index in [-0.39, 0.29) is 18.1 Å². The van der Waals surface area contributed by atoms with Gasteiger partial charge in [-0.2, -0.15) is 0 Å². The number of nitrogens with zero attached hydrogens (tertiary/aromatic N) is 1. The molecule has 0 aliphatic rings. The third-order valence-corrected chi connectivity index (χ3v) is 3.37. The van der Waals surface area contributed by atoms with Crippen LogP contribution in [0.3, 0.4) is 0 Å². The van der Waals surface area contributed by atoms with E-state index in [0.29, 0.717) is 19.0 Å². The Labute approximate surface area is 104 Å². The molecule has 0 saturated carbocycles. The zero-order valence-electron chi connectivity index (χ0n) is 11.1. The fourth-order valence-corrected chi connectivity index (χ4v) is 2.20. The standard InChI is InChI=1S/C11H24N2O3S/c1-5-13(8-9(2)3)11(14)10(12)6-7-17(4,15)16/h9-10H,5-8,12H2,1-4H3. The van der Waals surface area contributed by atoms with Crippen molar-refractivity contribution in [2.75, 3.05) is 25.1 Å². The monoisotopic (exact) mass is 264 g/mol. The highest BCUT2D eigenvalue weighted by molar-refractivity contribution is 7.90. The minimum Gasteiger partial charge on any atom is -0.341 e. The topological polar surface area (TPSA) is 80.5 Å². The van der Waals surface area contributed by atoms with Crippen molar-refractivity contribution in [2.24, 2.45) is 11.7 Å². The summed E-state index contributed by atoms with van der Waals surface area (Å²) in [4.78, 5) is 13.6. The van der Waals surface area contributed by atoms with E-state index < -0.39 is 15.9 Å². The van der Waals surface area contributed by atoms with Crippen molar-refractivity contribution in [3.05, 3.63) is 0 Å². The Balaban J connectivity index is 4.36. The molecule has 1 atom stereocenters. The maximum absolute atomic E-state index is 11.9. The highest BCUT2D eigenvalue weighted by atomic mass is 32.2. The van der Waals surface area contributed by atoms with E-state index in [9.17, 15) is 13.2 Å². The van der Waals surface area contributed by atoms with E-state index in [1.165, 1.54) is 0 Å². The number of rotatable bonds is 7. The van der Waals surface area contributed by atoms with Gasteiger partial charge in [0.1, 0.15) is 9.84 Å². The lowest BCUT2D eigenvalue weighted by Gasteiger charge is -2.25. The van der Waals surface area contributed by atoms with Crippen molar-refractivity contribution >= 4 is 15.7 Å². The first-order valence-corrected chi connectivity index (χ1v) is 7.95. The average molecular weight is 264 g/mol. The van der Waals surface area contributed by atoms with Crippen molar-refractivity contribution in [1.29, 1.82) is 0 Å². The van der Waals surface area contributed by atoms with Crippen LogP contribution in [0.25, 0.3) is 0 Å². The number of hydrogen-bond donors (Lipinski definition) is 1. The van der Waals surface area contributed by atoms with Gasteiger partial charge in [0.25, 0.3) is 0 Å². The van der Waals surface area contributed by atoms with Gasteiger partial charge in [0.05, 0.1) is 11.8 Å². The number of likely N-dealkylation sites (N-methyl/N-ethyl adjacent to an activating group) is 1. The van der Waals surface area contributed by atoms with E-state index in [1.54, 1.807) is 4.90 Å². The van der Waals surface area contributed by atoms with Crippen LogP contribution in [0.1, 0.15) is 27.2 Å². The van der Waals surface area contributed by atoms with Gasteiger partial charge in [-0.05, 0) is 19.3 Å². The van der Waals surface area contributed by atoms with E-state index >= 15 is 0 Å². The molecule has 0 saturated heterocycles. The predicted octanol–water partition coefficient (Wildman–Crippen LogP) is 0.253. The number of hydrogen-bond acceptors (Lipinski definition) is 4. The fourth-order valence-electron chi connectivity index (χ4n) is 1.51. The van der Waals surface area contributed by atoms with Gasteiger partial charge in [0, 0.05) is 19.3 Å². The lowest BCUT2D eigenvalue weighted by atomic mass is 10.1. The van der Waals surface area contributed by atoms with Crippen LogP contribution >= 0.6 is 0 Å². The Kier molecular flexibility index (Phi) is 6.70. The van der Waals surface area contributed by atoms with Gasteiger partial charge in [0.15, 0.2) is 0 Å². The fraction of sp³-hybridized carbons (Fsp3) is 0.909. The van der Waals surface area contributed by atoms with Gasteiger partial charge in [-0.15, -0.1) is 0 Å². The molecule has 0 heterocycles. The lowest BCUT2D eigenvalue weighted by molar-refractivity contribution is -0.132. The molecule has 0 aromatic rings. The first kappa shape index (κ1) is 16.4. The van der Waals surface area contributed by atoms with Crippen LogP contribution < -0.4 is 5.73 Å². The van der Waals surface area contributed by atoms with Gasteiger partial charge in [-0.25, -0.2) is 8.42 Å². The van der Waals surface area contributed by atoms with Crippen LogP contribution in [-0.2, 0) is 14.6 Å². The molecule has 0 radical (unpaired) electrons.